The zero-order chi connectivity index (χ0) is 13.9. The minimum absolute atomic E-state index is 0.152. The molecule has 1 unspecified atom stereocenters. The zero-order valence-electron chi connectivity index (χ0n) is 11.4. The lowest BCUT2D eigenvalue weighted by molar-refractivity contribution is -0.141. The third kappa shape index (κ3) is 3.83. The molecule has 1 heterocycles. The van der Waals surface area contributed by atoms with Crippen LogP contribution in [0.25, 0.3) is 0 Å². The fraction of sp³-hybridized carbons (Fsp3) is 0.846. The number of carboxylic acids is 1. The molecule has 2 aliphatic rings. The van der Waals surface area contributed by atoms with E-state index in [1.807, 2.05) is 7.05 Å². The Morgan fingerprint density at radius 1 is 1.42 bits per heavy atom. The molecule has 0 aromatic heterocycles. The van der Waals surface area contributed by atoms with Crippen molar-refractivity contribution in [3.63, 3.8) is 0 Å². The lowest BCUT2D eigenvalue weighted by Gasteiger charge is -2.40. The van der Waals surface area contributed by atoms with Crippen LogP contribution in [0.4, 0.5) is 4.79 Å². The van der Waals surface area contributed by atoms with E-state index in [4.69, 9.17) is 5.11 Å². The minimum Gasteiger partial charge on any atom is -0.481 e. The molecule has 1 saturated carbocycles. The van der Waals surface area contributed by atoms with Gasteiger partial charge in [0.1, 0.15) is 0 Å². The molecule has 1 aliphatic carbocycles. The van der Waals surface area contributed by atoms with Crippen LogP contribution in [0, 0.1) is 5.41 Å². The molecule has 0 spiro atoms. The van der Waals surface area contributed by atoms with Gasteiger partial charge in [-0.05, 0) is 38.3 Å². The molecular formula is C13H23N3O3. The van der Waals surface area contributed by atoms with Crippen LogP contribution >= 0.6 is 0 Å². The maximum Gasteiger partial charge on any atom is 0.315 e. The number of carbonyl (C=O) groups is 2. The number of aliphatic carboxylic acids is 1. The average molecular weight is 269 g/mol. The lowest BCUT2D eigenvalue weighted by atomic mass is 9.66. The Balaban J connectivity index is 1.72. The van der Waals surface area contributed by atoms with Crippen LogP contribution in [0.2, 0.25) is 0 Å². The minimum atomic E-state index is -0.778. The zero-order valence-corrected chi connectivity index (χ0v) is 11.4. The average Bonchev–Trinajstić information content (AvgIpc) is 2.67. The summed E-state index contributed by atoms with van der Waals surface area (Å²) in [7, 11) is 2.04. The third-order valence-electron chi connectivity index (χ3n) is 4.29. The first-order chi connectivity index (χ1) is 8.99. The van der Waals surface area contributed by atoms with E-state index < -0.39 is 5.97 Å². The van der Waals surface area contributed by atoms with Crippen LogP contribution in [-0.4, -0.2) is 54.7 Å². The van der Waals surface area contributed by atoms with Crippen LogP contribution in [-0.2, 0) is 4.79 Å². The number of carbonyl (C=O) groups excluding carboxylic acids is 1. The van der Waals surface area contributed by atoms with E-state index in [0.717, 1.165) is 38.8 Å². The van der Waals surface area contributed by atoms with Crippen LogP contribution in [0.1, 0.15) is 32.1 Å². The van der Waals surface area contributed by atoms with Crippen LogP contribution in [0.15, 0.2) is 0 Å². The van der Waals surface area contributed by atoms with E-state index in [2.05, 4.69) is 15.5 Å². The van der Waals surface area contributed by atoms with Gasteiger partial charge in [0.2, 0.25) is 0 Å². The maximum atomic E-state index is 11.8. The number of rotatable bonds is 5. The van der Waals surface area contributed by atoms with Gasteiger partial charge in [0.15, 0.2) is 0 Å². The number of urea groups is 1. The summed E-state index contributed by atoms with van der Waals surface area (Å²) in [6.45, 7) is 2.36. The second-order valence-electron chi connectivity index (χ2n) is 6.00. The Hall–Kier alpha value is -1.30. The number of nitrogens with zero attached hydrogens (tertiary/aromatic N) is 1. The molecule has 108 valence electrons. The molecule has 1 atom stereocenters. The number of carboxylic acid groups (broad SMARTS) is 1. The number of nitrogens with one attached hydrogen (secondary N) is 2. The molecule has 0 aromatic rings. The molecule has 19 heavy (non-hydrogen) atoms. The van der Waals surface area contributed by atoms with Crippen molar-refractivity contribution in [2.45, 2.75) is 38.1 Å². The molecule has 6 heteroatoms. The quantitative estimate of drug-likeness (QED) is 0.684. The molecule has 1 saturated heterocycles. The topological polar surface area (TPSA) is 81.7 Å². The van der Waals surface area contributed by atoms with Crippen LogP contribution < -0.4 is 10.6 Å². The second-order valence-corrected chi connectivity index (χ2v) is 6.00. The Kier molecular flexibility index (Phi) is 4.29. The van der Waals surface area contributed by atoms with Gasteiger partial charge in [0, 0.05) is 19.1 Å². The Morgan fingerprint density at radius 2 is 2.16 bits per heavy atom. The maximum absolute atomic E-state index is 11.8. The summed E-state index contributed by atoms with van der Waals surface area (Å²) in [4.78, 5) is 24.8. The van der Waals surface area contributed by atoms with Gasteiger partial charge in [-0.3, -0.25) is 4.79 Å². The van der Waals surface area contributed by atoms with Gasteiger partial charge in [0.05, 0.1) is 6.42 Å². The molecule has 0 aromatic carbocycles. The predicted octanol–water partition coefficient (Wildman–Crippen LogP) is 0.635. The first kappa shape index (κ1) is 14.1. The molecule has 6 nitrogen and oxygen atoms in total. The predicted molar refractivity (Wildman–Crippen MR) is 71.0 cm³/mol. The van der Waals surface area contributed by atoms with Crippen molar-refractivity contribution in [2.24, 2.45) is 5.41 Å². The number of hydrogen-bond acceptors (Lipinski definition) is 3. The van der Waals surface area contributed by atoms with Gasteiger partial charge in [-0.2, -0.15) is 0 Å². The summed E-state index contributed by atoms with van der Waals surface area (Å²) in [6, 6.07) is 0.0405. The van der Waals surface area contributed by atoms with Crippen molar-refractivity contribution in [3.8, 4) is 0 Å². The van der Waals surface area contributed by atoms with E-state index in [1.165, 1.54) is 0 Å². The number of likely N-dealkylation sites (tertiary alicyclic amines) is 1. The van der Waals surface area contributed by atoms with Crippen LogP contribution in [0.3, 0.4) is 0 Å². The molecule has 2 rings (SSSR count). The summed E-state index contributed by atoms with van der Waals surface area (Å²) in [5, 5.41) is 14.7. The van der Waals surface area contributed by atoms with Gasteiger partial charge >= 0.3 is 12.0 Å². The highest BCUT2D eigenvalue weighted by molar-refractivity contribution is 5.74. The van der Waals surface area contributed by atoms with E-state index in [9.17, 15) is 9.59 Å². The molecule has 3 N–H and O–H groups in total. The largest absolute Gasteiger partial charge is 0.481 e. The van der Waals surface area contributed by atoms with Gasteiger partial charge in [0.25, 0.3) is 0 Å². The van der Waals surface area contributed by atoms with E-state index in [1.54, 1.807) is 0 Å². The first-order valence-electron chi connectivity index (χ1n) is 6.94. The van der Waals surface area contributed by atoms with Gasteiger partial charge in [-0.25, -0.2) is 4.79 Å². The SMILES string of the molecule is CN1CCC(NC(=O)NCC2(CC(=O)O)CCC2)C1. The van der Waals surface area contributed by atoms with Crippen molar-refractivity contribution >= 4 is 12.0 Å². The monoisotopic (exact) mass is 269 g/mol. The first-order valence-corrected chi connectivity index (χ1v) is 6.94. The molecule has 2 fully saturated rings. The lowest BCUT2D eigenvalue weighted by Crippen LogP contribution is -2.49. The fourth-order valence-corrected chi connectivity index (χ4v) is 2.97. The van der Waals surface area contributed by atoms with Crippen molar-refractivity contribution in [1.29, 1.82) is 0 Å². The molecule has 0 radical (unpaired) electrons. The highest BCUT2D eigenvalue weighted by atomic mass is 16.4. The van der Waals surface area contributed by atoms with E-state index >= 15 is 0 Å². The van der Waals surface area contributed by atoms with Crippen molar-refractivity contribution in [2.75, 3.05) is 26.7 Å². The summed E-state index contributed by atoms with van der Waals surface area (Å²) < 4.78 is 0. The highest BCUT2D eigenvalue weighted by Gasteiger charge is 2.39. The molecule has 2 amide bonds. The summed E-state index contributed by atoms with van der Waals surface area (Å²) in [5.41, 5.74) is -0.213. The summed E-state index contributed by atoms with van der Waals surface area (Å²) in [6.07, 6.45) is 3.98. The van der Waals surface area contributed by atoms with Crippen molar-refractivity contribution in [3.05, 3.63) is 0 Å². The summed E-state index contributed by atoms with van der Waals surface area (Å²) >= 11 is 0. The third-order valence-corrected chi connectivity index (χ3v) is 4.29. The van der Waals surface area contributed by atoms with E-state index in [0.29, 0.717) is 6.54 Å². The fourth-order valence-electron chi connectivity index (χ4n) is 2.97. The smallest absolute Gasteiger partial charge is 0.315 e. The van der Waals surface area contributed by atoms with Crippen molar-refractivity contribution in [1.82, 2.24) is 15.5 Å². The Labute approximate surface area is 113 Å². The molecule has 0 bridgehead atoms. The summed E-state index contributed by atoms with van der Waals surface area (Å²) in [5.74, 6) is -0.778. The number of amides is 2. The van der Waals surface area contributed by atoms with Crippen LogP contribution in [0.5, 0.6) is 0 Å². The molecular weight excluding hydrogens is 246 g/mol. The second kappa shape index (κ2) is 5.77. The standard InChI is InChI=1S/C13H23N3O3/c1-16-6-3-10(8-16)15-12(19)14-9-13(4-2-5-13)7-11(17)18/h10H,2-9H2,1H3,(H,17,18)(H2,14,15,19). The van der Waals surface area contributed by atoms with Gasteiger partial charge < -0.3 is 20.6 Å². The normalized spacial score (nSPS) is 25.6. The number of hydrogen-bond donors (Lipinski definition) is 3. The van der Waals surface area contributed by atoms with E-state index in [-0.39, 0.29) is 23.9 Å². The number of likely N-dealkylation sites (N-methyl/N-ethyl adjacent to an activating group) is 1. The Morgan fingerprint density at radius 3 is 2.63 bits per heavy atom. The van der Waals surface area contributed by atoms with Gasteiger partial charge in [-0.15, -0.1) is 0 Å². The van der Waals surface area contributed by atoms with Crippen molar-refractivity contribution < 1.29 is 14.7 Å². The van der Waals surface area contributed by atoms with Gasteiger partial charge in [-0.1, -0.05) is 6.42 Å². The molecule has 1 aliphatic heterocycles. The highest BCUT2D eigenvalue weighted by Crippen LogP contribution is 2.43. The Bertz CT molecular complexity index is 355.